The van der Waals surface area contributed by atoms with Crippen molar-refractivity contribution in [1.29, 1.82) is 5.26 Å². The number of ketones is 1. The van der Waals surface area contributed by atoms with Crippen LogP contribution in [0.2, 0.25) is 0 Å². The minimum Gasteiger partial charge on any atom is -0.497 e. The van der Waals surface area contributed by atoms with E-state index >= 15 is 0 Å². The van der Waals surface area contributed by atoms with E-state index in [4.69, 9.17) is 14.2 Å². The number of fused-ring (bicyclic) bond motifs is 1. The second kappa shape index (κ2) is 7.38. The molecule has 0 spiro atoms. The van der Waals surface area contributed by atoms with Gasteiger partial charge in [0, 0.05) is 12.1 Å². The minimum atomic E-state index is -1.40. The van der Waals surface area contributed by atoms with Crippen molar-refractivity contribution in [2.45, 2.75) is 6.54 Å². The van der Waals surface area contributed by atoms with Gasteiger partial charge in [-0.25, -0.2) is 0 Å². The zero-order valence-corrected chi connectivity index (χ0v) is 15.2. The Labute approximate surface area is 156 Å². The maximum absolute atomic E-state index is 12.8. The van der Waals surface area contributed by atoms with Crippen molar-refractivity contribution in [2.24, 2.45) is 5.92 Å². The van der Waals surface area contributed by atoms with Crippen LogP contribution in [0, 0.1) is 17.2 Å². The Hall–Kier alpha value is -3.53. The summed E-state index contributed by atoms with van der Waals surface area (Å²) >= 11 is 0. The molecule has 27 heavy (non-hydrogen) atoms. The first kappa shape index (κ1) is 18.3. The molecule has 3 rings (SSSR count). The lowest BCUT2D eigenvalue weighted by molar-refractivity contribution is -0.120. The van der Waals surface area contributed by atoms with Gasteiger partial charge >= 0.3 is 0 Å². The van der Waals surface area contributed by atoms with E-state index in [1.807, 2.05) is 18.2 Å². The second-order valence-corrected chi connectivity index (χ2v) is 5.92. The van der Waals surface area contributed by atoms with Gasteiger partial charge in [-0.2, -0.15) is 5.26 Å². The number of benzene rings is 2. The monoisotopic (exact) mass is 366 g/mol. The number of Topliss-reactive ketones (excluding diaryl/α,β-unsaturated/α-hetero) is 1. The van der Waals surface area contributed by atoms with Gasteiger partial charge in [-0.1, -0.05) is 12.1 Å². The van der Waals surface area contributed by atoms with Gasteiger partial charge in [-0.05, 0) is 17.7 Å². The van der Waals surface area contributed by atoms with E-state index in [-0.39, 0.29) is 17.9 Å². The van der Waals surface area contributed by atoms with Gasteiger partial charge < -0.3 is 19.1 Å². The number of methoxy groups -OCH3 is 3. The van der Waals surface area contributed by atoms with Crippen molar-refractivity contribution in [3.8, 4) is 23.3 Å². The molecule has 2 aromatic carbocycles. The number of carbonyl (C=O) groups excluding carboxylic acids is 2. The summed E-state index contributed by atoms with van der Waals surface area (Å²) in [5.41, 5.74) is 1.39. The number of hydrogen-bond donors (Lipinski definition) is 0. The van der Waals surface area contributed by atoms with Crippen LogP contribution in [0.4, 0.5) is 5.69 Å². The Kier molecular flexibility index (Phi) is 4.99. The number of hydrogen-bond acceptors (Lipinski definition) is 6. The van der Waals surface area contributed by atoms with Gasteiger partial charge in [0.2, 0.25) is 0 Å². The van der Waals surface area contributed by atoms with Gasteiger partial charge in [0.1, 0.15) is 17.2 Å². The fourth-order valence-electron chi connectivity index (χ4n) is 3.04. The molecule has 1 heterocycles. The molecule has 0 radical (unpaired) electrons. The minimum absolute atomic E-state index is 0.192. The normalized spacial score (nSPS) is 15.8. The van der Waals surface area contributed by atoms with E-state index < -0.39 is 17.6 Å². The molecule has 0 bridgehead atoms. The molecule has 1 aliphatic heterocycles. The molecule has 138 valence electrons. The van der Waals surface area contributed by atoms with Crippen LogP contribution in [0.1, 0.15) is 15.9 Å². The Morgan fingerprint density at radius 2 is 1.67 bits per heavy atom. The third-order valence-electron chi connectivity index (χ3n) is 4.45. The fourth-order valence-corrected chi connectivity index (χ4v) is 3.04. The fraction of sp³-hybridized carbons (Fsp3) is 0.250. The SMILES string of the molecule is COc1ccc(CN2C(=O)C(C#N)C(=O)c3c(OC)cc(OC)cc32)cc1. The largest absolute Gasteiger partial charge is 0.497 e. The first-order valence-corrected chi connectivity index (χ1v) is 8.18. The summed E-state index contributed by atoms with van der Waals surface area (Å²) in [7, 11) is 4.48. The van der Waals surface area contributed by atoms with E-state index in [9.17, 15) is 14.9 Å². The van der Waals surface area contributed by atoms with Crippen LogP contribution in [0.15, 0.2) is 36.4 Å². The Balaban J connectivity index is 2.12. The summed E-state index contributed by atoms with van der Waals surface area (Å²) in [4.78, 5) is 27.0. The van der Waals surface area contributed by atoms with Crippen molar-refractivity contribution in [3.63, 3.8) is 0 Å². The van der Waals surface area contributed by atoms with Gasteiger partial charge in [0.25, 0.3) is 5.91 Å². The molecule has 1 aliphatic rings. The van der Waals surface area contributed by atoms with Crippen molar-refractivity contribution in [3.05, 3.63) is 47.5 Å². The number of ether oxygens (including phenoxy) is 3. The molecule has 0 aliphatic carbocycles. The molecule has 7 nitrogen and oxygen atoms in total. The second-order valence-electron chi connectivity index (χ2n) is 5.92. The first-order valence-electron chi connectivity index (χ1n) is 8.18. The van der Waals surface area contributed by atoms with E-state index in [1.165, 1.54) is 19.1 Å². The summed E-state index contributed by atoms with van der Waals surface area (Å²) in [6, 6.07) is 12.2. The highest BCUT2D eigenvalue weighted by Crippen LogP contribution is 2.40. The molecular weight excluding hydrogens is 348 g/mol. The molecule has 0 N–H and O–H groups in total. The lowest BCUT2D eigenvalue weighted by atomic mass is 9.90. The average molecular weight is 366 g/mol. The number of rotatable bonds is 5. The predicted molar refractivity (Wildman–Crippen MR) is 97.2 cm³/mol. The molecule has 1 atom stereocenters. The molecule has 0 fully saturated rings. The topological polar surface area (TPSA) is 88.9 Å². The maximum atomic E-state index is 12.8. The third kappa shape index (κ3) is 3.17. The van der Waals surface area contributed by atoms with E-state index in [1.54, 1.807) is 31.4 Å². The van der Waals surface area contributed by atoms with Crippen LogP contribution < -0.4 is 19.1 Å². The van der Waals surface area contributed by atoms with E-state index in [2.05, 4.69) is 0 Å². The quantitative estimate of drug-likeness (QED) is 0.756. The predicted octanol–water partition coefficient (Wildman–Crippen LogP) is 2.58. The van der Waals surface area contributed by atoms with Crippen molar-refractivity contribution >= 4 is 17.4 Å². The van der Waals surface area contributed by atoms with Gasteiger partial charge in [0.05, 0.1) is 45.2 Å². The third-order valence-corrected chi connectivity index (χ3v) is 4.45. The van der Waals surface area contributed by atoms with Gasteiger partial charge in [-0.15, -0.1) is 0 Å². The smallest absolute Gasteiger partial charge is 0.252 e. The maximum Gasteiger partial charge on any atom is 0.252 e. The Morgan fingerprint density at radius 3 is 2.22 bits per heavy atom. The molecular formula is C20H18N2O5. The molecule has 0 saturated carbocycles. The van der Waals surface area contributed by atoms with Crippen LogP contribution in [0.5, 0.6) is 17.2 Å². The zero-order valence-electron chi connectivity index (χ0n) is 15.2. The molecule has 1 amide bonds. The number of amides is 1. The lowest BCUT2D eigenvalue weighted by Crippen LogP contribution is -2.43. The van der Waals surface area contributed by atoms with Crippen LogP contribution in [0.3, 0.4) is 0 Å². The highest BCUT2D eigenvalue weighted by atomic mass is 16.5. The number of nitriles is 1. The van der Waals surface area contributed by atoms with E-state index in [0.29, 0.717) is 17.2 Å². The summed E-state index contributed by atoms with van der Waals surface area (Å²) in [5, 5.41) is 9.37. The Morgan fingerprint density at radius 1 is 1.00 bits per heavy atom. The van der Waals surface area contributed by atoms with Crippen LogP contribution in [-0.4, -0.2) is 33.0 Å². The number of anilines is 1. The molecule has 0 aromatic heterocycles. The van der Waals surface area contributed by atoms with Crippen LogP contribution in [0.25, 0.3) is 0 Å². The van der Waals surface area contributed by atoms with E-state index in [0.717, 1.165) is 5.56 Å². The van der Waals surface area contributed by atoms with Gasteiger partial charge in [0.15, 0.2) is 11.7 Å². The average Bonchev–Trinajstić information content (AvgIpc) is 2.70. The highest BCUT2D eigenvalue weighted by molar-refractivity contribution is 6.24. The zero-order chi connectivity index (χ0) is 19.6. The van der Waals surface area contributed by atoms with Crippen molar-refractivity contribution in [2.75, 3.05) is 26.2 Å². The number of nitrogens with zero attached hydrogens (tertiary/aromatic N) is 2. The first-order chi connectivity index (χ1) is 13.0. The molecule has 7 heteroatoms. The lowest BCUT2D eigenvalue weighted by Gasteiger charge is -2.32. The van der Waals surface area contributed by atoms with Crippen LogP contribution >= 0.6 is 0 Å². The standard InChI is InChI=1S/C20H18N2O5/c1-25-13-6-4-12(5-7-13)11-22-16-8-14(26-2)9-17(27-3)18(16)19(23)15(10-21)20(22)24/h4-9,15H,11H2,1-3H3. The van der Waals surface area contributed by atoms with Crippen molar-refractivity contribution in [1.82, 2.24) is 0 Å². The Bertz CT molecular complexity index is 931. The van der Waals surface area contributed by atoms with Gasteiger partial charge in [-0.3, -0.25) is 9.59 Å². The summed E-state index contributed by atoms with van der Waals surface area (Å²) in [6.45, 7) is 0.192. The molecule has 1 unspecified atom stereocenters. The number of carbonyl (C=O) groups is 2. The molecule has 2 aromatic rings. The molecule has 0 saturated heterocycles. The van der Waals surface area contributed by atoms with Crippen LogP contribution in [-0.2, 0) is 11.3 Å². The highest BCUT2D eigenvalue weighted by Gasteiger charge is 2.42. The summed E-state index contributed by atoms with van der Waals surface area (Å²) in [5.74, 6) is -1.14. The summed E-state index contributed by atoms with van der Waals surface area (Å²) in [6.07, 6.45) is 0. The van der Waals surface area contributed by atoms with Crippen molar-refractivity contribution < 1.29 is 23.8 Å². The summed E-state index contributed by atoms with van der Waals surface area (Å²) < 4.78 is 15.7.